The minimum absolute atomic E-state index is 0.0297. The molecule has 0 unspecified atom stereocenters. The normalized spacial score (nSPS) is 11.1. The van der Waals surface area contributed by atoms with Crippen LogP contribution in [0, 0.1) is 0 Å². The molecule has 2 aromatic carbocycles. The first-order valence-corrected chi connectivity index (χ1v) is 7.24. The van der Waals surface area contributed by atoms with Crippen molar-refractivity contribution < 1.29 is 0 Å². The predicted octanol–water partition coefficient (Wildman–Crippen LogP) is 4.49. The molecule has 0 saturated heterocycles. The number of benzene rings is 2. The largest absolute Gasteiger partial charge is 0.312 e. The smallest absolute Gasteiger partial charge is 0.305 e. The molecule has 1 heterocycles. The molecular formula is C14H9Cl2NOS. The van der Waals surface area contributed by atoms with Gasteiger partial charge < -0.3 is 4.98 Å². The van der Waals surface area contributed by atoms with E-state index in [0.717, 1.165) is 27.8 Å². The van der Waals surface area contributed by atoms with Gasteiger partial charge in [0.2, 0.25) is 0 Å². The van der Waals surface area contributed by atoms with Crippen LogP contribution in [0.5, 0.6) is 0 Å². The van der Waals surface area contributed by atoms with E-state index in [-0.39, 0.29) is 4.87 Å². The Bertz CT molecular complexity index is 786. The van der Waals surface area contributed by atoms with Crippen LogP contribution in [-0.4, -0.2) is 4.98 Å². The summed E-state index contributed by atoms with van der Waals surface area (Å²) < 4.78 is 0.968. The summed E-state index contributed by atoms with van der Waals surface area (Å²) in [6.45, 7) is 0. The average Bonchev–Trinajstić information content (AvgIpc) is 2.67. The number of rotatable bonds is 2. The lowest BCUT2D eigenvalue weighted by Crippen LogP contribution is -1.90. The zero-order valence-electron chi connectivity index (χ0n) is 9.74. The summed E-state index contributed by atoms with van der Waals surface area (Å²) in [5.74, 6) is 0. The third-order valence-electron chi connectivity index (χ3n) is 2.82. The van der Waals surface area contributed by atoms with Gasteiger partial charge in [0.1, 0.15) is 0 Å². The standard InChI is InChI=1S/C14H9Cl2NOS/c15-10-4-9(5-11(16)7-10)3-8-1-2-12-13(6-8)19-14(18)17-12/h1-2,4-7H,3H2,(H,17,18). The Balaban J connectivity index is 1.98. The summed E-state index contributed by atoms with van der Waals surface area (Å²) in [7, 11) is 0. The molecule has 3 aromatic rings. The first kappa shape index (κ1) is 12.7. The quantitative estimate of drug-likeness (QED) is 0.743. The van der Waals surface area contributed by atoms with Gasteiger partial charge in [0.25, 0.3) is 0 Å². The monoisotopic (exact) mass is 309 g/mol. The molecule has 0 bridgehead atoms. The maximum Gasteiger partial charge on any atom is 0.305 e. The van der Waals surface area contributed by atoms with Crippen LogP contribution in [0.3, 0.4) is 0 Å². The molecule has 5 heteroatoms. The molecule has 0 amide bonds. The Morgan fingerprint density at radius 3 is 2.47 bits per heavy atom. The van der Waals surface area contributed by atoms with Gasteiger partial charge in [-0.1, -0.05) is 40.6 Å². The van der Waals surface area contributed by atoms with Gasteiger partial charge in [0.15, 0.2) is 0 Å². The first-order chi connectivity index (χ1) is 9.10. The molecular weight excluding hydrogens is 301 g/mol. The minimum Gasteiger partial charge on any atom is -0.312 e. The van der Waals surface area contributed by atoms with Gasteiger partial charge in [0, 0.05) is 10.0 Å². The van der Waals surface area contributed by atoms with Gasteiger partial charge in [0.05, 0.1) is 10.2 Å². The Hall–Kier alpha value is -1.29. The Morgan fingerprint density at radius 1 is 1.00 bits per heavy atom. The van der Waals surface area contributed by atoms with E-state index in [1.54, 1.807) is 6.07 Å². The number of H-pyrrole nitrogens is 1. The number of hydrogen-bond acceptors (Lipinski definition) is 2. The van der Waals surface area contributed by atoms with Crippen LogP contribution >= 0.6 is 34.5 Å². The fourth-order valence-corrected chi connectivity index (χ4v) is 3.42. The van der Waals surface area contributed by atoms with Gasteiger partial charge >= 0.3 is 4.87 Å². The molecule has 3 rings (SSSR count). The van der Waals surface area contributed by atoms with Crippen LogP contribution in [0.4, 0.5) is 0 Å². The minimum atomic E-state index is -0.0297. The highest BCUT2D eigenvalue weighted by Crippen LogP contribution is 2.23. The van der Waals surface area contributed by atoms with Crippen LogP contribution in [0.25, 0.3) is 10.2 Å². The van der Waals surface area contributed by atoms with E-state index in [9.17, 15) is 4.79 Å². The van der Waals surface area contributed by atoms with Crippen LogP contribution in [0.1, 0.15) is 11.1 Å². The first-order valence-electron chi connectivity index (χ1n) is 5.67. The molecule has 0 aliphatic carbocycles. The molecule has 0 spiro atoms. The molecule has 0 fully saturated rings. The van der Waals surface area contributed by atoms with E-state index < -0.39 is 0 Å². The lowest BCUT2D eigenvalue weighted by molar-refractivity contribution is 1.20. The number of fused-ring (bicyclic) bond motifs is 1. The van der Waals surface area contributed by atoms with E-state index in [1.807, 2.05) is 30.3 Å². The number of hydrogen-bond donors (Lipinski definition) is 1. The number of thiazole rings is 1. The average molecular weight is 310 g/mol. The summed E-state index contributed by atoms with van der Waals surface area (Å²) >= 11 is 13.2. The lowest BCUT2D eigenvalue weighted by Gasteiger charge is -2.04. The van der Waals surface area contributed by atoms with Crippen molar-refractivity contribution in [3.05, 3.63) is 67.2 Å². The van der Waals surface area contributed by atoms with Crippen molar-refractivity contribution in [2.75, 3.05) is 0 Å². The van der Waals surface area contributed by atoms with Gasteiger partial charge in [-0.3, -0.25) is 4.79 Å². The van der Waals surface area contributed by atoms with Gasteiger partial charge in [-0.15, -0.1) is 0 Å². The summed E-state index contributed by atoms with van der Waals surface area (Å²) in [5, 5.41) is 1.27. The van der Waals surface area contributed by atoms with E-state index in [0.29, 0.717) is 10.0 Å². The molecule has 19 heavy (non-hydrogen) atoms. The fourth-order valence-electron chi connectivity index (χ4n) is 2.05. The maximum absolute atomic E-state index is 11.3. The van der Waals surface area contributed by atoms with Crippen LogP contribution in [0.15, 0.2) is 41.2 Å². The predicted molar refractivity (Wildman–Crippen MR) is 81.7 cm³/mol. The zero-order valence-corrected chi connectivity index (χ0v) is 12.1. The molecule has 0 saturated carbocycles. The number of aromatic amines is 1. The van der Waals surface area contributed by atoms with Gasteiger partial charge in [-0.2, -0.15) is 0 Å². The molecule has 0 aliphatic heterocycles. The third-order valence-corrected chi connectivity index (χ3v) is 4.10. The van der Waals surface area contributed by atoms with Crippen molar-refractivity contribution in [2.24, 2.45) is 0 Å². The van der Waals surface area contributed by atoms with Crippen LogP contribution in [-0.2, 0) is 6.42 Å². The Kier molecular flexibility index (Phi) is 3.35. The molecule has 96 valence electrons. The SMILES string of the molecule is O=c1[nH]c2ccc(Cc3cc(Cl)cc(Cl)c3)cc2s1. The third kappa shape index (κ3) is 2.84. The van der Waals surface area contributed by atoms with E-state index in [4.69, 9.17) is 23.2 Å². The molecule has 0 aliphatic rings. The Morgan fingerprint density at radius 2 is 1.74 bits per heavy atom. The van der Waals surface area contributed by atoms with E-state index in [1.165, 1.54) is 11.3 Å². The topological polar surface area (TPSA) is 32.9 Å². The fraction of sp³-hybridized carbons (Fsp3) is 0.0714. The highest BCUT2D eigenvalue weighted by atomic mass is 35.5. The summed E-state index contributed by atoms with van der Waals surface area (Å²) in [6, 6.07) is 11.5. The number of halogens is 2. The highest BCUT2D eigenvalue weighted by Gasteiger charge is 2.03. The zero-order chi connectivity index (χ0) is 13.4. The van der Waals surface area contributed by atoms with E-state index in [2.05, 4.69) is 4.98 Å². The number of aromatic nitrogens is 1. The highest BCUT2D eigenvalue weighted by molar-refractivity contribution is 7.16. The maximum atomic E-state index is 11.3. The molecule has 0 atom stereocenters. The second-order valence-corrected chi connectivity index (χ2v) is 6.19. The van der Waals surface area contributed by atoms with Crippen molar-refractivity contribution in [3.63, 3.8) is 0 Å². The molecule has 1 N–H and O–H groups in total. The lowest BCUT2D eigenvalue weighted by atomic mass is 10.1. The van der Waals surface area contributed by atoms with Crippen molar-refractivity contribution in [2.45, 2.75) is 6.42 Å². The number of nitrogens with one attached hydrogen (secondary N) is 1. The molecule has 1 aromatic heterocycles. The summed E-state index contributed by atoms with van der Waals surface area (Å²) in [5.41, 5.74) is 3.06. The van der Waals surface area contributed by atoms with Crippen LogP contribution in [0.2, 0.25) is 10.0 Å². The van der Waals surface area contributed by atoms with Gasteiger partial charge in [-0.25, -0.2) is 0 Å². The second kappa shape index (κ2) is 5.00. The molecule has 0 radical (unpaired) electrons. The van der Waals surface area contributed by atoms with Crippen molar-refractivity contribution >= 4 is 44.8 Å². The summed E-state index contributed by atoms with van der Waals surface area (Å²) in [6.07, 6.45) is 0.738. The van der Waals surface area contributed by atoms with Gasteiger partial charge in [-0.05, 0) is 47.9 Å². The summed E-state index contributed by atoms with van der Waals surface area (Å²) in [4.78, 5) is 14.0. The van der Waals surface area contributed by atoms with Crippen molar-refractivity contribution in [1.29, 1.82) is 0 Å². The van der Waals surface area contributed by atoms with Crippen LogP contribution < -0.4 is 4.87 Å². The van der Waals surface area contributed by atoms with E-state index >= 15 is 0 Å². The van der Waals surface area contributed by atoms with Crippen molar-refractivity contribution in [1.82, 2.24) is 4.98 Å². The second-order valence-electron chi connectivity index (χ2n) is 4.30. The molecule has 2 nitrogen and oxygen atoms in total. The van der Waals surface area contributed by atoms with Crippen molar-refractivity contribution in [3.8, 4) is 0 Å². The Labute approximate surface area is 123 Å².